The van der Waals surface area contributed by atoms with Gasteiger partial charge in [-0.05, 0) is 44.4 Å². The Bertz CT molecular complexity index is 383. The van der Waals surface area contributed by atoms with Crippen LogP contribution < -0.4 is 5.32 Å². The van der Waals surface area contributed by atoms with Crippen LogP contribution in [0.2, 0.25) is 0 Å². The lowest BCUT2D eigenvalue weighted by Crippen LogP contribution is -2.43. The van der Waals surface area contributed by atoms with Crippen molar-refractivity contribution in [1.82, 2.24) is 5.32 Å². The average molecular weight is 313 g/mol. The van der Waals surface area contributed by atoms with Crippen LogP contribution in [0.25, 0.3) is 0 Å². The van der Waals surface area contributed by atoms with Gasteiger partial charge in [0.05, 0.1) is 12.0 Å². The third-order valence-corrected chi connectivity index (χ3v) is 4.92. The van der Waals surface area contributed by atoms with E-state index in [0.29, 0.717) is 17.8 Å². The molecule has 0 aromatic carbocycles. The number of hydrogen-bond acceptors (Lipinski definition) is 3. The number of carboxylic acids is 1. The number of aliphatic carboxylic acids is 1. The largest absolute Gasteiger partial charge is 0.481 e. The van der Waals surface area contributed by atoms with E-state index < -0.39 is 17.9 Å². The highest BCUT2D eigenvalue weighted by atomic mass is 16.5. The maximum Gasteiger partial charge on any atom is 0.308 e. The number of carboxylic acid groups (broad SMARTS) is 1. The normalized spacial score (nSPS) is 28.2. The van der Waals surface area contributed by atoms with E-state index in [9.17, 15) is 9.59 Å². The van der Waals surface area contributed by atoms with Crippen molar-refractivity contribution in [1.29, 1.82) is 0 Å². The van der Waals surface area contributed by atoms with Gasteiger partial charge in [0.15, 0.2) is 0 Å². The van der Waals surface area contributed by atoms with E-state index in [0.717, 1.165) is 12.8 Å². The Hall–Kier alpha value is -1.10. The highest BCUT2D eigenvalue weighted by Gasteiger charge is 2.32. The molecule has 1 aliphatic rings. The third-order valence-electron chi connectivity index (χ3n) is 4.92. The summed E-state index contributed by atoms with van der Waals surface area (Å²) in [7, 11) is 0. The molecule has 5 unspecified atom stereocenters. The predicted molar refractivity (Wildman–Crippen MR) is 85.5 cm³/mol. The molecule has 1 rings (SSSR count). The van der Waals surface area contributed by atoms with Crippen molar-refractivity contribution in [2.45, 2.75) is 66.0 Å². The molecule has 22 heavy (non-hydrogen) atoms. The molecule has 0 spiro atoms. The van der Waals surface area contributed by atoms with Crippen molar-refractivity contribution in [3.05, 3.63) is 0 Å². The Labute approximate surface area is 133 Å². The van der Waals surface area contributed by atoms with Gasteiger partial charge in [-0.3, -0.25) is 9.59 Å². The fourth-order valence-electron chi connectivity index (χ4n) is 3.12. The predicted octanol–water partition coefficient (Wildman–Crippen LogP) is 2.69. The Morgan fingerprint density at radius 2 is 1.86 bits per heavy atom. The van der Waals surface area contributed by atoms with E-state index in [1.807, 2.05) is 0 Å². The number of amides is 1. The van der Waals surface area contributed by atoms with Gasteiger partial charge in [-0.1, -0.05) is 27.2 Å². The highest BCUT2D eigenvalue weighted by molar-refractivity contribution is 5.79. The van der Waals surface area contributed by atoms with Gasteiger partial charge in [0.25, 0.3) is 0 Å². The van der Waals surface area contributed by atoms with Gasteiger partial charge >= 0.3 is 5.97 Å². The number of carbonyl (C=O) groups excluding carboxylic acids is 1. The summed E-state index contributed by atoms with van der Waals surface area (Å²) >= 11 is 0. The number of ether oxygens (including phenoxy) is 1. The van der Waals surface area contributed by atoms with Gasteiger partial charge < -0.3 is 15.2 Å². The minimum absolute atomic E-state index is 0.0112. The summed E-state index contributed by atoms with van der Waals surface area (Å²) in [5.41, 5.74) is 0. The molecule has 1 aliphatic carbocycles. The maximum atomic E-state index is 12.0. The molecule has 1 amide bonds. The van der Waals surface area contributed by atoms with Crippen LogP contribution in [0.5, 0.6) is 0 Å². The quantitative estimate of drug-likeness (QED) is 0.757. The molecule has 0 aromatic rings. The van der Waals surface area contributed by atoms with E-state index in [4.69, 9.17) is 9.84 Å². The first-order valence-electron chi connectivity index (χ1n) is 8.36. The molecule has 128 valence electrons. The van der Waals surface area contributed by atoms with E-state index >= 15 is 0 Å². The molecule has 0 aliphatic heterocycles. The van der Waals surface area contributed by atoms with Crippen LogP contribution in [0.1, 0.15) is 53.9 Å². The molecule has 0 radical (unpaired) electrons. The summed E-state index contributed by atoms with van der Waals surface area (Å²) in [6.45, 7) is 9.93. The van der Waals surface area contributed by atoms with Crippen molar-refractivity contribution in [2.75, 3.05) is 6.61 Å². The summed E-state index contributed by atoms with van der Waals surface area (Å²) in [4.78, 5) is 22.9. The Balaban J connectivity index is 2.46. The summed E-state index contributed by atoms with van der Waals surface area (Å²) in [6, 6.07) is -0.403. The maximum absolute atomic E-state index is 12.0. The molecule has 0 bridgehead atoms. The fourth-order valence-corrected chi connectivity index (χ4v) is 3.12. The smallest absolute Gasteiger partial charge is 0.308 e. The zero-order valence-corrected chi connectivity index (χ0v) is 14.5. The lowest BCUT2D eigenvalue weighted by atomic mass is 9.75. The van der Waals surface area contributed by atoms with Gasteiger partial charge in [-0.2, -0.15) is 0 Å². The fraction of sp³-hybridized carbons (Fsp3) is 0.882. The third kappa shape index (κ3) is 5.59. The van der Waals surface area contributed by atoms with Crippen LogP contribution in [0.15, 0.2) is 0 Å². The van der Waals surface area contributed by atoms with Crippen LogP contribution in [0.3, 0.4) is 0 Å². The zero-order chi connectivity index (χ0) is 16.9. The first-order valence-corrected chi connectivity index (χ1v) is 8.36. The first-order chi connectivity index (χ1) is 10.2. The number of nitrogens with one attached hydrogen (secondary N) is 1. The van der Waals surface area contributed by atoms with Gasteiger partial charge in [0.2, 0.25) is 5.91 Å². The number of carbonyl (C=O) groups is 2. The summed E-state index contributed by atoms with van der Waals surface area (Å²) < 4.78 is 5.87. The number of hydrogen-bond donors (Lipinski definition) is 2. The second-order valence-corrected chi connectivity index (χ2v) is 7.16. The molecule has 0 saturated heterocycles. The van der Waals surface area contributed by atoms with Gasteiger partial charge in [0.1, 0.15) is 6.61 Å². The Morgan fingerprint density at radius 3 is 2.41 bits per heavy atom. The van der Waals surface area contributed by atoms with Crippen molar-refractivity contribution < 1.29 is 19.4 Å². The molecular weight excluding hydrogens is 282 g/mol. The second kappa shape index (κ2) is 8.51. The standard InChI is InChI=1S/C17H31NO4/c1-10(2)14-7-6-11(3)8-15(14)22-9-16(19)18-13(5)12(4)17(20)21/h10-15H,6-9H2,1-5H3,(H,18,19)(H,20,21). The molecule has 1 fully saturated rings. The van der Waals surface area contributed by atoms with Crippen molar-refractivity contribution in [3.8, 4) is 0 Å². The summed E-state index contributed by atoms with van der Waals surface area (Å²) in [6.07, 6.45) is 3.50. The Morgan fingerprint density at radius 1 is 1.23 bits per heavy atom. The minimum atomic E-state index is -0.908. The SMILES string of the molecule is CC1CCC(C(C)C)C(OCC(=O)NC(C)C(C)C(=O)O)C1. The molecule has 1 saturated carbocycles. The van der Waals surface area contributed by atoms with Crippen molar-refractivity contribution in [2.24, 2.45) is 23.7 Å². The molecular formula is C17H31NO4. The summed E-state index contributed by atoms with van der Waals surface area (Å²) in [5.74, 6) is -0.0713. The second-order valence-electron chi connectivity index (χ2n) is 7.16. The number of rotatable bonds is 7. The van der Waals surface area contributed by atoms with Crippen molar-refractivity contribution >= 4 is 11.9 Å². The molecule has 0 aromatic heterocycles. The lowest BCUT2D eigenvalue weighted by molar-refractivity contribution is -0.142. The van der Waals surface area contributed by atoms with Crippen LogP contribution >= 0.6 is 0 Å². The zero-order valence-electron chi connectivity index (χ0n) is 14.5. The van der Waals surface area contributed by atoms with Crippen LogP contribution in [-0.2, 0) is 14.3 Å². The van der Waals surface area contributed by atoms with Gasteiger partial charge in [-0.15, -0.1) is 0 Å². The van der Waals surface area contributed by atoms with E-state index in [1.165, 1.54) is 6.42 Å². The van der Waals surface area contributed by atoms with E-state index in [1.54, 1.807) is 13.8 Å². The molecule has 5 heteroatoms. The summed E-state index contributed by atoms with van der Waals surface area (Å²) in [5, 5.41) is 11.7. The van der Waals surface area contributed by atoms with Crippen LogP contribution in [0, 0.1) is 23.7 Å². The molecule has 5 nitrogen and oxygen atoms in total. The molecule has 2 N–H and O–H groups in total. The first kappa shape index (κ1) is 18.9. The topological polar surface area (TPSA) is 75.6 Å². The van der Waals surface area contributed by atoms with Crippen LogP contribution in [-0.4, -0.2) is 35.7 Å². The van der Waals surface area contributed by atoms with Gasteiger partial charge in [-0.25, -0.2) is 0 Å². The van der Waals surface area contributed by atoms with E-state index in [-0.39, 0.29) is 18.6 Å². The average Bonchev–Trinajstić information content (AvgIpc) is 2.43. The molecule has 0 heterocycles. The lowest BCUT2D eigenvalue weighted by Gasteiger charge is -2.37. The monoisotopic (exact) mass is 313 g/mol. The molecule has 5 atom stereocenters. The highest BCUT2D eigenvalue weighted by Crippen LogP contribution is 2.35. The van der Waals surface area contributed by atoms with Gasteiger partial charge in [0, 0.05) is 6.04 Å². The minimum Gasteiger partial charge on any atom is -0.481 e. The van der Waals surface area contributed by atoms with Crippen molar-refractivity contribution in [3.63, 3.8) is 0 Å². The Kier molecular flexibility index (Phi) is 7.33. The van der Waals surface area contributed by atoms with Crippen LogP contribution in [0.4, 0.5) is 0 Å². The van der Waals surface area contributed by atoms with E-state index in [2.05, 4.69) is 26.1 Å².